The van der Waals surface area contributed by atoms with E-state index in [9.17, 15) is 0 Å². The Balaban J connectivity index is 2.41. The Kier molecular flexibility index (Phi) is 5.51. The first-order valence-corrected chi connectivity index (χ1v) is 7.44. The molecule has 0 bridgehead atoms. The monoisotopic (exact) mass is 285 g/mol. The van der Waals surface area contributed by atoms with Crippen molar-refractivity contribution in [2.24, 2.45) is 5.84 Å². The normalized spacial score (nSPS) is 10.4. The van der Waals surface area contributed by atoms with Gasteiger partial charge in [-0.1, -0.05) is 44.2 Å². The molecule has 0 radical (unpaired) electrons. The molecule has 0 amide bonds. The van der Waals surface area contributed by atoms with Crippen molar-refractivity contribution in [1.82, 2.24) is 9.97 Å². The van der Waals surface area contributed by atoms with Crippen LogP contribution in [0.4, 0.5) is 11.6 Å². The van der Waals surface area contributed by atoms with Crippen LogP contribution >= 0.6 is 0 Å². The summed E-state index contributed by atoms with van der Waals surface area (Å²) in [5.41, 5.74) is 3.63. The predicted molar refractivity (Wildman–Crippen MR) is 88.1 cm³/mol. The lowest BCUT2D eigenvalue weighted by molar-refractivity contribution is 0.733. The Bertz CT molecular complexity index is 550. The largest absolute Gasteiger partial charge is 0.356 e. The van der Waals surface area contributed by atoms with E-state index >= 15 is 0 Å². The topological polar surface area (TPSA) is 67.1 Å². The van der Waals surface area contributed by atoms with Gasteiger partial charge in [-0.15, -0.1) is 0 Å². The summed E-state index contributed by atoms with van der Waals surface area (Å²) in [5, 5.41) is 0. The van der Waals surface area contributed by atoms with E-state index in [0.717, 1.165) is 37.3 Å². The molecule has 0 aliphatic heterocycles. The molecule has 2 aromatic rings. The number of rotatable bonds is 7. The van der Waals surface area contributed by atoms with Crippen molar-refractivity contribution in [3.63, 3.8) is 0 Å². The maximum atomic E-state index is 5.55. The molecule has 0 unspecified atom stereocenters. The van der Waals surface area contributed by atoms with Gasteiger partial charge < -0.3 is 10.3 Å². The van der Waals surface area contributed by atoms with Gasteiger partial charge in [-0.2, -0.15) is 0 Å². The summed E-state index contributed by atoms with van der Waals surface area (Å²) in [6.07, 6.45) is 2.16. The molecule has 5 heteroatoms. The second-order valence-corrected chi connectivity index (χ2v) is 4.93. The van der Waals surface area contributed by atoms with Crippen LogP contribution in [0, 0.1) is 0 Å². The number of anilines is 2. The molecule has 0 spiro atoms. The van der Waals surface area contributed by atoms with Crippen molar-refractivity contribution in [3.05, 3.63) is 36.4 Å². The van der Waals surface area contributed by atoms with Gasteiger partial charge in [-0.25, -0.2) is 15.8 Å². The molecule has 1 aromatic carbocycles. The van der Waals surface area contributed by atoms with E-state index in [1.807, 2.05) is 36.4 Å². The van der Waals surface area contributed by atoms with Crippen molar-refractivity contribution in [2.75, 3.05) is 23.4 Å². The Morgan fingerprint density at radius 3 is 2.29 bits per heavy atom. The number of nitrogens with one attached hydrogen (secondary N) is 1. The van der Waals surface area contributed by atoms with Crippen LogP contribution in [-0.2, 0) is 0 Å². The number of nitrogens with two attached hydrogens (primary N) is 1. The van der Waals surface area contributed by atoms with Gasteiger partial charge in [-0.05, 0) is 12.8 Å². The van der Waals surface area contributed by atoms with Gasteiger partial charge >= 0.3 is 0 Å². The average Bonchev–Trinajstić information content (AvgIpc) is 2.55. The summed E-state index contributed by atoms with van der Waals surface area (Å²) < 4.78 is 0. The molecule has 0 aliphatic carbocycles. The van der Waals surface area contributed by atoms with Gasteiger partial charge in [0.15, 0.2) is 5.82 Å². The predicted octanol–water partition coefficient (Wildman–Crippen LogP) is 3.06. The number of aromatic nitrogens is 2. The van der Waals surface area contributed by atoms with Gasteiger partial charge in [0, 0.05) is 24.7 Å². The van der Waals surface area contributed by atoms with Crippen LogP contribution in [0.1, 0.15) is 26.7 Å². The highest BCUT2D eigenvalue weighted by atomic mass is 15.3. The second-order valence-electron chi connectivity index (χ2n) is 4.93. The SMILES string of the molecule is CCCN(CCC)c1cc(NN)nc(-c2ccccc2)n1. The molecular formula is C16H23N5. The van der Waals surface area contributed by atoms with Crippen molar-refractivity contribution < 1.29 is 0 Å². The fourth-order valence-corrected chi connectivity index (χ4v) is 2.27. The van der Waals surface area contributed by atoms with E-state index in [2.05, 4.69) is 29.2 Å². The van der Waals surface area contributed by atoms with Crippen LogP contribution < -0.4 is 16.2 Å². The summed E-state index contributed by atoms with van der Waals surface area (Å²) in [6.45, 7) is 6.29. The van der Waals surface area contributed by atoms with Crippen LogP contribution in [0.15, 0.2) is 36.4 Å². The van der Waals surface area contributed by atoms with E-state index in [0.29, 0.717) is 11.6 Å². The number of nitrogens with zero attached hydrogens (tertiary/aromatic N) is 3. The number of hydrazine groups is 1. The molecule has 2 rings (SSSR count). The highest BCUT2D eigenvalue weighted by Crippen LogP contribution is 2.22. The van der Waals surface area contributed by atoms with E-state index in [1.54, 1.807) is 0 Å². The number of nitrogen functional groups attached to an aromatic ring is 1. The van der Waals surface area contributed by atoms with Crippen molar-refractivity contribution in [1.29, 1.82) is 0 Å². The maximum absolute atomic E-state index is 5.55. The smallest absolute Gasteiger partial charge is 0.163 e. The molecule has 0 aliphatic rings. The number of hydrogen-bond donors (Lipinski definition) is 2. The number of benzene rings is 1. The average molecular weight is 285 g/mol. The van der Waals surface area contributed by atoms with E-state index in [1.165, 1.54) is 0 Å². The minimum Gasteiger partial charge on any atom is -0.356 e. The lowest BCUT2D eigenvalue weighted by Crippen LogP contribution is -2.26. The van der Waals surface area contributed by atoms with Gasteiger partial charge in [0.1, 0.15) is 11.6 Å². The van der Waals surface area contributed by atoms with Crippen LogP contribution in [0.25, 0.3) is 11.4 Å². The van der Waals surface area contributed by atoms with E-state index < -0.39 is 0 Å². The summed E-state index contributed by atoms with van der Waals surface area (Å²) in [5.74, 6) is 7.80. The van der Waals surface area contributed by atoms with Gasteiger partial charge in [0.05, 0.1) is 0 Å². The molecule has 21 heavy (non-hydrogen) atoms. The molecule has 0 atom stereocenters. The number of hydrogen-bond acceptors (Lipinski definition) is 5. The first-order valence-electron chi connectivity index (χ1n) is 7.44. The molecule has 3 N–H and O–H groups in total. The standard InChI is InChI=1S/C16H23N5/c1-3-10-21(11-4-2)15-12-14(20-17)18-16(19-15)13-8-6-5-7-9-13/h5-9,12H,3-4,10-11,17H2,1-2H3,(H,18,19,20). The minimum absolute atomic E-state index is 0.635. The van der Waals surface area contributed by atoms with Crippen LogP contribution in [0.5, 0.6) is 0 Å². The van der Waals surface area contributed by atoms with Crippen molar-refractivity contribution in [3.8, 4) is 11.4 Å². The van der Waals surface area contributed by atoms with E-state index in [4.69, 9.17) is 10.8 Å². The van der Waals surface area contributed by atoms with Crippen LogP contribution in [0.3, 0.4) is 0 Å². The second kappa shape index (κ2) is 7.59. The first-order chi connectivity index (χ1) is 10.3. The van der Waals surface area contributed by atoms with Crippen LogP contribution in [0.2, 0.25) is 0 Å². The zero-order valence-electron chi connectivity index (χ0n) is 12.7. The first kappa shape index (κ1) is 15.3. The molecule has 5 nitrogen and oxygen atoms in total. The zero-order chi connectivity index (χ0) is 15.1. The quantitative estimate of drug-likeness (QED) is 0.604. The van der Waals surface area contributed by atoms with Crippen molar-refractivity contribution in [2.45, 2.75) is 26.7 Å². The summed E-state index contributed by atoms with van der Waals surface area (Å²) in [4.78, 5) is 11.4. The van der Waals surface area contributed by atoms with Gasteiger partial charge in [0.2, 0.25) is 0 Å². The molecule has 0 saturated carbocycles. The Hall–Kier alpha value is -2.14. The summed E-state index contributed by atoms with van der Waals surface area (Å²) in [7, 11) is 0. The molecule has 1 aromatic heterocycles. The molecular weight excluding hydrogens is 262 g/mol. The third kappa shape index (κ3) is 3.92. The molecule has 112 valence electrons. The molecule has 0 fully saturated rings. The fraction of sp³-hybridized carbons (Fsp3) is 0.375. The molecule has 1 heterocycles. The highest BCUT2D eigenvalue weighted by Gasteiger charge is 2.11. The summed E-state index contributed by atoms with van der Waals surface area (Å²) in [6, 6.07) is 11.9. The van der Waals surface area contributed by atoms with Crippen molar-refractivity contribution >= 4 is 11.6 Å². The third-order valence-corrected chi connectivity index (χ3v) is 3.20. The highest BCUT2D eigenvalue weighted by molar-refractivity contribution is 5.61. The lowest BCUT2D eigenvalue weighted by atomic mass is 10.2. The summed E-state index contributed by atoms with van der Waals surface area (Å²) >= 11 is 0. The Morgan fingerprint density at radius 1 is 1.05 bits per heavy atom. The maximum Gasteiger partial charge on any atom is 0.163 e. The Labute approximate surface area is 126 Å². The fourth-order valence-electron chi connectivity index (χ4n) is 2.27. The van der Waals surface area contributed by atoms with Gasteiger partial charge in [-0.3, -0.25) is 0 Å². The lowest BCUT2D eigenvalue weighted by Gasteiger charge is -2.23. The zero-order valence-corrected chi connectivity index (χ0v) is 12.7. The van der Waals surface area contributed by atoms with E-state index in [-0.39, 0.29) is 0 Å². The molecule has 0 saturated heterocycles. The minimum atomic E-state index is 0.635. The van der Waals surface area contributed by atoms with Crippen LogP contribution in [-0.4, -0.2) is 23.1 Å². The third-order valence-electron chi connectivity index (χ3n) is 3.20. The Morgan fingerprint density at radius 2 is 1.71 bits per heavy atom. The van der Waals surface area contributed by atoms with Gasteiger partial charge in [0.25, 0.3) is 0 Å².